The standard InChI is InChI=1S/C25H33N5O2/c1-3-28-21(15-19-9-8-18(16-26)14-23(19)28)11-10-20-6-4-12-29(20)25(32)22-7-5-13-30(22)24(31)17(2)27/h8-9,14-15,17,20,22H,3-7,10-13,27H2,1-2H3. The van der Waals surface area contributed by atoms with E-state index in [4.69, 9.17) is 5.73 Å². The second-order valence-electron chi connectivity index (χ2n) is 9.11. The van der Waals surface area contributed by atoms with E-state index in [1.54, 1.807) is 11.8 Å². The van der Waals surface area contributed by atoms with E-state index < -0.39 is 6.04 Å². The van der Waals surface area contributed by atoms with Crippen LogP contribution in [0.5, 0.6) is 0 Å². The molecule has 1 aromatic heterocycles. The number of benzene rings is 1. The number of nitrogens with zero attached hydrogens (tertiary/aromatic N) is 4. The predicted molar refractivity (Wildman–Crippen MR) is 124 cm³/mol. The van der Waals surface area contributed by atoms with Crippen LogP contribution in [0, 0.1) is 11.3 Å². The normalized spacial score (nSPS) is 21.8. The molecule has 2 N–H and O–H groups in total. The van der Waals surface area contributed by atoms with E-state index in [0.29, 0.717) is 12.1 Å². The molecule has 2 aliphatic rings. The van der Waals surface area contributed by atoms with Crippen LogP contribution in [0.15, 0.2) is 24.3 Å². The lowest BCUT2D eigenvalue weighted by molar-refractivity contribution is -0.144. The summed E-state index contributed by atoms with van der Waals surface area (Å²) >= 11 is 0. The fourth-order valence-corrected chi connectivity index (χ4v) is 5.44. The number of carbonyl (C=O) groups excluding carboxylic acids is 2. The molecule has 2 saturated heterocycles. The summed E-state index contributed by atoms with van der Waals surface area (Å²) in [6.45, 7) is 6.04. The first kappa shape index (κ1) is 22.3. The number of fused-ring (bicyclic) bond motifs is 1. The summed E-state index contributed by atoms with van der Waals surface area (Å²) in [5.74, 6) is -0.0329. The Morgan fingerprint density at radius 1 is 1.19 bits per heavy atom. The number of hydrogen-bond acceptors (Lipinski definition) is 4. The maximum Gasteiger partial charge on any atom is 0.245 e. The van der Waals surface area contributed by atoms with Crippen molar-refractivity contribution in [2.24, 2.45) is 5.73 Å². The molecule has 0 bridgehead atoms. The summed E-state index contributed by atoms with van der Waals surface area (Å²) < 4.78 is 2.28. The van der Waals surface area contributed by atoms with Gasteiger partial charge in [-0.15, -0.1) is 0 Å². The summed E-state index contributed by atoms with van der Waals surface area (Å²) in [5, 5.41) is 10.4. The zero-order valence-corrected chi connectivity index (χ0v) is 19.1. The number of nitrogens with two attached hydrogens (primary N) is 1. The topological polar surface area (TPSA) is 95.4 Å². The Hall–Kier alpha value is -2.85. The van der Waals surface area contributed by atoms with Gasteiger partial charge in [0.25, 0.3) is 0 Å². The fourth-order valence-electron chi connectivity index (χ4n) is 5.44. The molecule has 7 nitrogen and oxygen atoms in total. The zero-order chi connectivity index (χ0) is 22.8. The summed E-state index contributed by atoms with van der Waals surface area (Å²) in [6.07, 6.45) is 5.38. The van der Waals surface area contributed by atoms with Gasteiger partial charge in [0.05, 0.1) is 17.7 Å². The number of carbonyl (C=O) groups is 2. The molecule has 0 saturated carbocycles. The van der Waals surface area contributed by atoms with Gasteiger partial charge in [-0.25, -0.2) is 0 Å². The van der Waals surface area contributed by atoms with E-state index in [2.05, 4.69) is 23.6 Å². The van der Waals surface area contributed by atoms with Gasteiger partial charge in [0.2, 0.25) is 11.8 Å². The molecule has 4 rings (SSSR count). The predicted octanol–water partition coefficient (Wildman–Crippen LogP) is 2.79. The van der Waals surface area contributed by atoms with Gasteiger partial charge in [-0.3, -0.25) is 9.59 Å². The minimum atomic E-state index is -0.574. The van der Waals surface area contributed by atoms with E-state index in [9.17, 15) is 14.9 Å². The SMILES string of the molecule is CCn1c(CCC2CCCN2C(=O)C2CCCN2C(=O)C(C)N)cc2ccc(C#N)cc21. The van der Waals surface area contributed by atoms with Gasteiger partial charge in [0, 0.05) is 36.9 Å². The van der Waals surface area contributed by atoms with Crippen molar-refractivity contribution in [2.45, 2.75) is 77.0 Å². The third kappa shape index (κ3) is 4.12. The quantitative estimate of drug-likeness (QED) is 0.755. The first-order valence-electron chi connectivity index (χ1n) is 11.8. The number of likely N-dealkylation sites (tertiary alicyclic amines) is 2. The molecule has 0 radical (unpaired) electrons. The maximum atomic E-state index is 13.4. The molecule has 170 valence electrons. The van der Waals surface area contributed by atoms with E-state index in [1.807, 2.05) is 23.1 Å². The van der Waals surface area contributed by atoms with Crippen LogP contribution in [-0.4, -0.2) is 57.4 Å². The lowest BCUT2D eigenvalue weighted by Crippen LogP contribution is -2.52. The number of aromatic nitrogens is 1. The molecule has 2 aliphatic heterocycles. The van der Waals surface area contributed by atoms with E-state index in [1.165, 1.54) is 5.69 Å². The van der Waals surface area contributed by atoms with E-state index >= 15 is 0 Å². The molecule has 32 heavy (non-hydrogen) atoms. The molecule has 3 heterocycles. The molecular formula is C25H33N5O2. The summed E-state index contributed by atoms with van der Waals surface area (Å²) in [7, 11) is 0. The highest BCUT2D eigenvalue weighted by Gasteiger charge is 2.40. The first-order chi connectivity index (χ1) is 15.4. The lowest BCUT2D eigenvalue weighted by Gasteiger charge is -2.32. The number of aryl methyl sites for hydroxylation is 2. The number of rotatable bonds is 6. The first-order valence-corrected chi connectivity index (χ1v) is 11.8. The Labute approximate surface area is 189 Å². The van der Waals surface area contributed by atoms with Gasteiger partial charge < -0.3 is 20.1 Å². The van der Waals surface area contributed by atoms with Crippen LogP contribution in [0.2, 0.25) is 0 Å². The van der Waals surface area contributed by atoms with Crippen molar-refractivity contribution in [1.29, 1.82) is 5.26 Å². The highest BCUT2D eigenvalue weighted by atomic mass is 16.2. The van der Waals surface area contributed by atoms with Gasteiger partial charge in [-0.2, -0.15) is 5.26 Å². The number of nitriles is 1. The van der Waals surface area contributed by atoms with Gasteiger partial charge in [0.1, 0.15) is 6.04 Å². The largest absolute Gasteiger partial charge is 0.345 e. The van der Waals surface area contributed by atoms with Crippen LogP contribution in [0.4, 0.5) is 0 Å². The van der Waals surface area contributed by atoms with Crippen LogP contribution in [0.25, 0.3) is 10.9 Å². The Morgan fingerprint density at radius 3 is 2.66 bits per heavy atom. The maximum absolute atomic E-state index is 13.4. The van der Waals surface area contributed by atoms with Gasteiger partial charge in [-0.05, 0) is 76.0 Å². The molecular weight excluding hydrogens is 402 g/mol. The molecule has 3 unspecified atom stereocenters. The van der Waals surface area contributed by atoms with Crippen LogP contribution in [0.1, 0.15) is 57.2 Å². The second kappa shape index (κ2) is 9.33. The Balaban J connectivity index is 1.47. The van der Waals surface area contributed by atoms with Crippen molar-refractivity contribution in [3.05, 3.63) is 35.5 Å². The van der Waals surface area contributed by atoms with Crippen LogP contribution in [-0.2, 0) is 22.6 Å². The van der Waals surface area contributed by atoms with E-state index in [-0.39, 0.29) is 23.9 Å². The molecule has 3 atom stereocenters. The summed E-state index contributed by atoms with van der Waals surface area (Å²) in [5.41, 5.74) is 8.82. The van der Waals surface area contributed by atoms with Crippen molar-refractivity contribution in [3.8, 4) is 6.07 Å². The Morgan fingerprint density at radius 2 is 1.94 bits per heavy atom. The Kier molecular flexibility index (Phi) is 6.52. The summed E-state index contributed by atoms with van der Waals surface area (Å²) in [4.78, 5) is 29.6. The average molecular weight is 436 g/mol. The van der Waals surface area contributed by atoms with Gasteiger partial charge >= 0.3 is 0 Å². The van der Waals surface area contributed by atoms with Crippen molar-refractivity contribution in [2.75, 3.05) is 13.1 Å². The minimum Gasteiger partial charge on any atom is -0.345 e. The molecule has 2 aromatic rings. The van der Waals surface area contributed by atoms with Crippen LogP contribution >= 0.6 is 0 Å². The fraction of sp³-hybridized carbons (Fsp3) is 0.560. The molecule has 0 aliphatic carbocycles. The van der Waals surface area contributed by atoms with Crippen molar-refractivity contribution in [3.63, 3.8) is 0 Å². The molecule has 7 heteroatoms. The molecule has 2 amide bonds. The third-order valence-electron chi connectivity index (χ3n) is 7.04. The minimum absolute atomic E-state index is 0.0914. The lowest BCUT2D eigenvalue weighted by atomic mass is 10.1. The highest BCUT2D eigenvalue weighted by Crippen LogP contribution is 2.29. The highest BCUT2D eigenvalue weighted by molar-refractivity contribution is 5.90. The zero-order valence-electron chi connectivity index (χ0n) is 19.1. The Bertz CT molecular complexity index is 1050. The molecule has 1 aromatic carbocycles. The smallest absolute Gasteiger partial charge is 0.245 e. The molecule has 2 fully saturated rings. The van der Waals surface area contributed by atoms with Crippen LogP contribution < -0.4 is 5.73 Å². The van der Waals surface area contributed by atoms with Crippen LogP contribution in [0.3, 0.4) is 0 Å². The van der Waals surface area contributed by atoms with Crippen molar-refractivity contribution >= 4 is 22.7 Å². The van der Waals surface area contributed by atoms with Gasteiger partial charge in [-0.1, -0.05) is 6.07 Å². The van der Waals surface area contributed by atoms with Gasteiger partial charge in [0.15, 0.2) is 0 Å². The molecule has 0 spiro atoms. The average Bonchev–Trinajstić information content (AvgIpc) is 3.53. The monoisotopic (exact) mass is 435 g/mol. The van der Waals surface area contributed by atoms with Crippen molar-refractivity contribution in [1.82, 2.24) is 14.4 Å². The second-order valence-corrected chi connectivity index (χ2v) is 9.11. The number of amides is 2. The summed E-state index contributed by atoms with van der Waals surface area (Å²) in [6, 6.07) is 9.53. The van der Waals surface area contributed by atoms with Crippen molar-refractivity contribution < 1.29 is 9.59 Å². The third-order valence-corrected chi connectivity index (χ3v) is 7.04. The number of hydrogen-bond donors (Lipinski definition) is 1. The van der Waals surface area contributed by atoms with E-state index in [0.717, 1.165) is 62.5 Å².